The summed E-state index contributed by atoms with van der Waals surface area (Å²) in [5.74, 6) is 0.641. The average molecular weight is 285 g/mol. The first-order valence-corrected chi connectivity index (χ1v) is 6.94. The van der Waals surface area contributed by atoms with Gasteiger partial charge in [-0.05, 0) is 12.5 Å². The molecule has 0 aromatic heterocycles. The number of carbonyl (C=O) groups excluding carboxylic acids is 2. The Labute approximate surface area is 124 Å². The lowest BCUT2D eigenvalue weighted by atomic mass is 10.1. The SMILES string of the molecule is C=CCN(CC=C)C(=O)COc1cccc2c1CCC2=O. The molecule has 0 atom stereocenters. The van der Waals surface area contributed by atoms with Gasteiger partial charge in [0.05, 0.1) is 0 Å². The van der Waals surface area contributed by atoms with Crippen molar-refractivity contribution in [3.63, 3.8) is 0 Å². The van der Waals surface area contributed by atoms with Gasteiger partial charge in [-0.1, -0.05) is 24.3 Å². The summed E-state index contributed by atoms with van der Waals surface area (Å²) in [4.78, 5) is 25.4. The summed E-state index contributed by atoms with van der Waals surface area (Å²) in [5, 5.41) is 0. The van der Waals surface area contributed by atoms with Crippen molar-refractivity contribution >= 4 is 11.7 Å². The van der Waals surface area contributed by atoms with Crippen molar-refractivity contribution in [2.45, 2.75) is 12.8 Å². The van der Waals surface area contributed by atoms with E-state index in [9.17, 15) is 9.59 Å². The minimum absolute atomic E-state index is 0.0493. The second kappa shape index (κ2) is 6.88. The molecule has 0 aliphatic heterocycles. The summed E-state index contributed by atoms with van der Waals surface area (Å²) < 4.78 is 5.62. The van der Waals surface area contributed by atoms with Crippen LogP contribution in [0.3, 0.4) is 0 Å². The first-order chi connectivity index (χ1) is 10.2. The molecule has 1 aromatic carbocycles. The zero-order valence-corrected chi connectivity index (χ0v) is 12.0. The van der Waals surface area contributed by atoms with Crippen molar-refractivity contribution in [1.29, 1.82) is 0 Å². The number of carbonyl (C=O) groups is 2. The van der Waals surface area contributed by atoms with Crippen LogP contribution < -0.4 is 4.74 Å². The molecular formula is C17H19NO3. The minimum atomic E-state index is -0.128. The molecule has 0 bridgehead atoms. The van der Waals surface area contributed by atoms with E-state index in [1.165, 1.54) is 0 Å². The van der Waals surface area contributed by atoms with E-state index in [2.05, 4.69) is 13.2 Å². The average Bonchev–Trinajstić information content (AvgIpc) is 2.87. The van der Waals surface area contributed by atoms with Crippen molar-refractivity contribution in [2.24, 2.45) is 0 Å². The summed E-state index contributed by atoms with van der Waals surface area (Å²) in [6.07, 6.45) is 4.53. The molecular weight excluding hydrogens is 266 g/mol. The van der Waals surface area contributed by atoms with E-state index in [1.807, 2.05) is 0 Å². The third-order valence-electron chi connectivity index (χ3n) is 3.44. The smallest absolute Gasteiger partial charge is 0.261 e. The Bertz CT molecular complexity index is 567. The number of Topliss-reactive ketones (excluding diaryl/α,β-unsaturated/α-hetero) is 1. The molecule has 0 N–H and O–H groups in total. The van der Waals surface area contributed by atoms with Crippen LogP contribution in [0.5, 0.6) is 5.75 Å². The molecule has 0 fully saturated rings. The van der Waals surface area contributed by atoms with Crippen LogP contribution in [-0.4, -0.2) is 36.3 Å². The van der Waals surface area contributed by atoms with Gasteiger partial charge >= 0.3 is 0 Å². The highest BCUT2D eigenvalue weighted by Gasteiger charge is 2.23. The van der Waals surface area contributed by atoms with E-state index in [0.29, 0.717) is 37.2 Å². The van der Waals surface area contributed by atoms with Crippen LogP contribution in [0.25, 0.3) is 0 Å². The minimum Gasteiger partial charge on any atom is -0.483 e. The summed E-state index contributed by atoms with van der Waals surface area (Å²) in [6, 6.07) is 5.39. The summed E-state index contributed by atoms with van der Waals surface area (Å²) in [5.41, 5.74) is 1.63. The molecule has 21 heavy (non-hydrogen) atoms. The lowest BCUT2D eigenvalue weighted by molar-refractivity contribution is -0.132. The van der Waals surface area contributed by atoms with Crippen molar-refractivity contribution in [3.05, 3.63) is 54.6 Å². The zero-order chi connectivity index (χ0) is 15.2. The number of ether oxygens (including phenoxy) is 1. The van der Waals surface area contributed by atoms with Crippen LogP contribution in [0.1, 0.15) is 22.3 Å². The van der Waals surface area contributed by atoms with Gasteiger partial charge in [-0.3, -0.25) is 9.59 Å². The summed E-state index contributed by atoms with van der Waals surface area (Å²) in [7, 11) is 0. The predicted octanol–water partition coefficient (Wildman–Crippen LogP) is 2.39. The highest BCUT2D eigenvalue weighted by atomic mass is 16.5. The van der Waals surface area contributed by atoms with Gasteiger partial charge in [-0.25, -0.2) is 0 Å². The number of hydrogen-bond donors (Lipinski definition) is 0. The second-order valence-electron chi connectivity index (χ2n) is 4.87. The predicted molar refractivity (Wildman–Crippen MR) is 81.6 cm³/mol. The number of rotatable bonds is 7. The number of nitrogens with zero attached hydrogens (tertiary/aromatic N) is 1. The van der Waals surface area contributed by atoms with E-state index >= 15 is 0 Å². The maximum Gasteiger partial charge on any atom is 0.261 e. The van der Waals surface area contributed by atoms with Gasteiger partial charge < -0.3 is 9.64 Å². The molecule has 4 nitrogen and oxygen atoms in total. The topological polar surface area (TPSA) is 46.6 Å². The van der Waals surface area contributed by atoms with Crippen LogP contribution >= 0.6 is 0 Å². The largest absolute Gasteiger partial charge is 0.483 e. The van der Waals surface area contributed by atoms with Gasteiger partial charge in [0.2, 0.25) is 0 Å². The molecule has 1 aliphatic carbocycles. The zero-order valence-electron chi connectivity index (χ0n) is 12.0. The van der Waals surface area contributed by atoms with Crippen LogP contribution in [0, 0.1) is 0 Å². The summed E-state index contributed by atoms with van der Waals surface area (Å²) in [6.45, 7) is 8.13. The highest BCUT2D eigenvalue weighted by Crippen LogP contribution is 2.30. The molecule has 4 heteroatoms. The Morgan fingerprint density at radius 2 is 1.95 bits per heavy atom. The van der Waals surface area contributed by atoms with Crippen LogP contribution in [0.15, 0.2) is 43.5 Å². The van der Waals surface area contributed by atoms with Gasteiger partial charge in [0.15, 0.2) is 12.4 Å². The Kier molecular flexibility index (Phi) is 4.93. The van der Waals surface area contributed by atoms with Gasteiger partial charge in [-0.15, -0.1) is 13.2 Å². The monoisotopic (exact) mass is 285 g/mol. The Hall–Kier alpha value is -2.36. The van der Waals surface area contributed by atoms with E-state index in [-0.39, 0.29) is 18.3 Å². The van der Waals surface area contributed by atoms with E-state index in [0.717, 1.165) is 5.56 Å². The summed E-state index contributed by atoms with van der Waals surface area (Å²) >= 11 is 0. The lowest BCUT2D eigenvalue weighted by Crippen LogP contribution is -2.35. The molecule has 1 amide bonds. The first-order valence-electron chi connectivity index (χ1n) is 6.94. The quantitative estimate of drug-likeness (QED) is 0.723. The molecule has 0 heterocycles. The second-order valence-corrected chi connectivity index (χ2v) is 4.87. The fraction of sp³-hybridized carbons (Fsp3) is 0.294. The van der Waals surface area contributed by atoms with Crippen molar-refractivity contribution < 1.29 is 14.3 Å². The van der Waals surface area contributed by atoms with E-state index in [1.54, 1.807) is 35.3 Å². The Balaban J connectivity index is 2.03. The maximum absolute atomic E-state index is 12.1. The van der Waals surface area contributed by atoms with Crippen molar-refractivity contribution in [2.75, 3.05) is 19.7 Å². The third-order valence-corrected chi connectivity index (χ3v) is 3.44. The molecule has 1 aromatic rings. The molecule has 2 rings (SSSR count). The molecule has 1 aliphatic rings. The fourth-order valence-electron chi connectivity index (χ4n) is 2.41. The number of hydrogen-bond acceptors (Lipinski definition) is 3. The van der Waals surface area contributed by atoms with Crippen LogP contribution in [0.4, 0.5) is 0 Å². The van der Waals surface area contributed by atoms with Crippen molar-refractivity contribution in [1.82, 2.24) is 4.90 Å². The molecule has 0 radical (unpaired) electrons. The van der Waals surface area contributed by atoms with Crippen molar-refractivity contribution in [3.8, 4) is 5.75 Å². The number of ketones is 1. The van der Waals surface area contributed by atoms with E-state index < -0.39 is 0 Å². The normalized spacial score (nSPS) is 12.7. The van der Waals surface area contributed by atoms with Gasteiger partial charge in [0.25, 0.3) is 5.91 Å². The van der Waals surface area contributed by atoms with Gasteiger partial charge in [0, 0.05) is 30.6 Å². The molecule has 110 valence electrons. The number of benzene rings is 1. The van der Waals surface area contributed by atoms with Crippen LogP contribution in [-0.2, 0) is 11.2 Å². The standard InChI is InChI=1S/C17H19NO3/c1-3-10-18(11-4-2)17(20)12-21-16-7-5-6-13-14(16)8-9-15(13)19/h3-7H,1-2,8-12H2. The number of amides is 1. The maximum atomic E-state index is 12.1. The third kappa shape index (κ3) is 3.40. The Morgan fingerprint density at radius 3 is 2.62 bits per heavy atom. The van der Waals surface area contributed by atoms with Crippen LogP contribution in [0.2, 0.25) is 0 Å². The Morgan fingerprint density at radius 1 is 1.24 bits per heavy atom. The molecule has 0 saturated carbocycles. The first kappa shape index (κ1) is 15.0. The van der Waals surface area contributed by atoms with Gasteiger partial charge in [0.1, 0.15) is 5.75 Å². The van der Waals surface area contributed by atoms with Gasteiger partial charge in [-0.2, -0.15) is 0 Å². The molecule has 0 spiro atoms. The van der Waals surface area contributed by atoms with E-state index in [4.69, 9.17) is 4.74 Å². The fourth-order valence-corrected chi connectivity index (χ4v) is 2.41. The lowest BCUT2D eigenvalue weighted by Gasteiger charge is -2.19. The highest BCUT2D eigenvalue weighted by molar-refractivity contribution is 6.01. The molecule has 0 saturated heterocycles. The number of fused-ring (bicyclic) bond motifs is 1. The molecule has 0 unspecified atom stereocenters.